The number of aryl methyl sites for hydroxylation is 2. The molecular formula is C16H14N2. The van der Waals surface area contributed by atoms with Crippen molar-refractivity contribution in [2.75, 3.05) is 0 Å². The second kappa shape index (κ2) is 3.16. The van der Waals surface area contributed by atoms with Crippen molar-refractivity contribution in [2.24, 2.45) is 14.1 Å². The third-order valence-electron chi connectivity index (χ3n) is 3.82. The molecule has 0 amide bonds. The lowest BCUT2D eigenvalue weighted by molar-refractivity contribution is 0.931. The molecular weight excluding hydrogens is 220 g/mol. The van der Waals surface area contributed by atoms with E-state index in [9.17, 15) is 0 Å². The van der Waals surface area contributed by atoms with Crippen LogP contribution in [0.5, 0.6) is 0 Å². The minimum absolute atomic E-state index is 1.29. The highest BCUT2D eigenvalue weighted by molar-refractivity contribution is 5.78. The van der Waals surface area contributed by atoms with E-state index in [0.717, 1.165) is 0 Å². The zero-order chi connectivity index (χ0) is 12.3. The molecule has 0 aromatic heterocycles. The van der Waals surface area contributed by atoms with Crippen LogP contribution in [0, 0.1) is 10.4 Å². The van der Waals surface area contributed by atoms with Gasteiger partial charge in [-0.1, -0.05) is 24.3 Å². The van der Waals surface area contributed by atoms with Crippen molar-refractivity contribution >= 4 is 21.8 Å². The predicted octanol–water partition coefficient (Wildman–Crippen LogP) is 3.39. The number of aromatic nitrogens is 2. The third-order valence-corrected chi connectivity index (χ3v) is 3.82. The molecule has 18 heavy (non-hydrogen) atoms. The van der Waals surface area contributed by atoms with Gasteiger partial charge in [-0.3, -0.25) is 0 Å². The predicted molar refractivity (Wildman–Crippen MR) is 74.7 cm³/mol. The third kappa shape index (κ3) is 1.07. The van der Waals surface area contributed by atoms with E-state index < -0.39 is 0 Å². The average molecular weight is 234 g/mol. The summed E-state index contributed by atoms with van der Waals surface area (Å²) in [5.74, 6) is 0. The fraction of sp³-hybridized carbons (Fsp3) is 0.125. The first-order valence-electron chi connectivity index (χ1n) is 6.17. The Bertz CT molecular complexity index is 862. The van der Waals surface area contributed by atoms with Crippen LogP contribution in [0.3, 0.4) is 0 Å². The molecule has 0 bridgehead atoms. The standard InChI is InChI=1S/C16H14N2/c1-17-9-11-5-4-8-14-16(11)15-12(10-18(14)2)6-3-7-13(15)17/h3-10H,1-2H3. The SMILES string of the molecule is Cn1cc2cccc3c2=c2c(cccc21)cn3C. The van der Waals surface area contributed by atoms with Gasteiger partial charge in [0.15, 0.2) is 0 Å². The van der Waals surface area contributed by atoms with Gasteiger partial charge in [0.25, 0.3) is 0 Å². The van der Waals surface area contributed by atoms with Crippen LogP contribution >= 0.6 is 0 Å². The Morgan fingerprint density at radius 3 is 1.56 bits per heavy atom. The molecule has 2 aliphatic heterocycles. The molecule has 88 valence electrons. The fourth-order valence-corrected chi connectivity index (χ4v) is 3.02. The van der Waals surface area contributed by atoms with Crippen molar-refractivity contribution in [3.05, 3.63) is 59.2 Å². The van der Waals surface area contributed by atoms with Crippen molar-refractivity contribution in [3.8, 4) is 0 Å². The van der Waals surface area contributed by atoms with Gasteiger partial charge in [0.1, 0.15) is 0 Å². The summed E-state index contributed by atoms with van der Waals surface area (Å²) in [6.45, 7) is 0. The van der Waals surface area contributed by atoms with Crippen molar-refractivity contribution in [1.82, 2.24) is 9.13 Å². The Morgan fingerprint density at radius 2 is 1.11 bits per heavy atom. The van der Waals surface area contributed by atoms with Crippen LogP contribution in [-0.4, -0.2) is 9.13 Å². The van der Waals surface area contributed by atoms with E-state index in [1.54, 1.807) is 0 Å². The zero-order valence-corrected chi connectivity index (χ0v) is 10.5. The second-order valence-corrected chi connectivity index (χ2v) is 4.96. The van der Waals surface area contributed by atoms with Crippen LogP contribution in [0.4, 0.5) is 0 Å². The van der Waals surface area contributed by atoms with Gasteiger partial charge in [-0.05, 0) is 12.1 Å². The van der Waals surface area contributed by atoms with Crippen LogP contribution in [-0.2, 0) is 14.1 Å². The molecule has 4 rings (SSSR count). The molecule has 2 aromatic carbocycles. The van der Waals surface area contributed by atoms with E-state index in [0.29, 0.717) is 0 Å². The maximum Gasteiger partial charge on any atom is 0.0491 e. The van der Waals surface area contributed by atoms with E-state index in [2.05, 4.69) is 72.0 Å². The number of benzene rings is 2. The lowest BCUT2D eigenvalue weighted by Crippen LogP contribution is -2.01. The molecule has 0 atom stereocenters. The first-order chi connectivity index (χ1) is 8.75. The Morgan fingerprint density at radius 1 is 0.667 bits per heavy atom. The number of hydrogen-bond acceptors (Lipinski definition) is 0. The Balaban J connectivity index is 2.59. The van der Waals surface area contributed by atoms with Crippen LogP contribution in [0.25, 0.3) is 21.8 Å². The summed E-state index contributed by atoms with van der Waals surface area (Å²) in [4.78, 5) is 0. The first-order valence-corrected chi connectivity index (χ1v) is 6.17. The van der Waals surface area contributed by atoms with Gasteiger partial charge in [-0.25, -0.2) is 0 Å². The second-order valence-electron chi connectivity index (χ2n) is 4.96. The van der Waals surface area contributed by atoms with Crippen LogP contribution in [0.15, 0.2) is 48.8 Å². The summed E-state index contributed by atoms with van der Waals surface area (Å²) in [5, 5.41) is 5.34. The lowest BCUT2D eigenvalue weighted by atomic mass is 10.0. The minimum Gasteiger partial charge on any atom is -0.350 e. The molecule has 0 fully saturated rings. The Labute approximate surface area is 105 Å². The summed E-state index contributed by atoms with van der Waals surface area (Å²) in [5.41, 5.74) is 2.58. The van der Waals surface area contributed by atoms with E-state index in [1.165, 1.54) is 32.2 Å². The summed E-state index contributed by atoms with van der Waals surface area (Å²) < 4.78 is 4.42. The van der Waals surface area contributed by atoms with E-state index in [1.807, 2.05) is 0 Å². The fourth-order valence-electron chi connectivity index (χ4n) is 3.02. The smallest absolute Gasteiger partial charge is 0.0491 e. The first kappa shape index (κ1) is 9.77. The van der Waals surface area contributed by atoms with Gasteiger partial charge in [-0.2, -0.15) is 0 Å². The highest BCUT2D eigenvalue weighted by Gasteiger charge is 2.07. The van der Waals surface area contributed by atoms with Gasteiger partial charge in [0, 0.05) is 58.7 Å². The number of rotatable bonds is 0. The molecule has 0 spiro atoms. The summed E-state index contributed by atoms with van der Waals surface area (Å²) >= 11 is 0. The molecule has 2 heteroatoms. The summed E-state index contributed by atoms with van der Waals surface area (Å²) in [7, 11) is 4.23. The zero-order valence-electron chi connectivity index (χ0n) is 10.5. The van der Waals surface area contributed by atoms with E-state index in [-0.39, 0.29) is 0 Å². The van der Waals surface area contributed by atoms with Crippen molar-refractivity contribution in [2.45, 2.75) is 0 Å². The number of hydrogen-bond donors (Lipinski definition) is 0. The molecule has 2 aromatic rings. The molecule has 0 saturated carbocycles. The molecule has 0 saturated heterocycles. The quantitative estimate of drug-likeness (QED) is 0.441. The molecule has 2 nitrogen and oxygen atoms in total. The molecule has 2 aliphatic rings. The molecule has 0 unspecified atom stereocenters. The normalized spacial score (nSPS) is 11.9. The van der Waals surface area contributed by atoms with E-state index >= 15 is 0 Å². The largest absolute Gasteiger partial charge is 0.350 e. The summed E-state index contributed by atoms with van der Waals surface area (Å²) in [6, 6.07) is 13.0. The van der Waals surface area contributed by atoms with Gasteiger partial charge in [-0.15, -0.1) is 0 Å². The highest BCUT2D eigenvalue weighted by Crippen LogP contribution is 2.23. The lowest BCUT2D eigenvalue weighted by Gasteiger charge is -2.14. The van der Waals surface area contributed by atoms with Crippen molar-refractivity contribution in [3.63, 3.8) is 0 Å². The van der Waals surface area contributed by atoms with Crippen LogP contribution in [0.1, 0.15) is 0 Å². The molecule has 0 N–H and O–H groups in total. The van der Waals surface area contributed by atoms with Gasteiger partial charge >= 0.3 is 0 Å². The van der Waals surface area contributed by atoms with Crippen molar-refractivity contribution in [1.29, 1.82) is 0 Å². The van der Waals surface area contributed by atoms with Crippen LogP contribution < -0.4 is 0 Å². The van der Waals surface area contributed by atoms with Gasteiger partial charge < -0.3 is 9.13 Å². The maximum atomic E-state index is 2.21. The molecule has 2 heterocycles. The summed E-state index contributed by atoms with van der Waals surface area (Å²) in [6.07, 6.45) is 4.42. The molecule has 0 radical (unpaired) electrons. The van der Waals surface area contributed by atoms with Crippen LogP contribution in [0.2, 0.25) is 0 Å². The van der Waals surface area contributed by atoms with Gasteiger partial charge in [0.2, 0.25) is 0 Å². The maximum absolute atomic E-state index is 2.21. The molecule has 0 aliphatic carbocycles. The average Bonchev–Trinajstić information content (AvgIpc) is 2.38. The van der Waals surface area contributed by atoms with Gasteiger partial charge in [0.05, 0.1) is 0 Å². The minimum atomic E-state index is 1.29. The number of nitrogens with zero attached hydrogens (tertiary/aromatic N) is 2. The van der Waals surface area contributed by atoms with E-state index in [4.69, 9.17) is 0 Å². The highest BCUT2D eigenvalue weighted by atomic mass is 14.9. The Hall–Kier alpha value is -2.22. The Kier molecular flexibility index (Phi) is 1.72. The topological polar surface area (TPSA) is 9.86 Å². The monoisotopic (exact) mass is 234 g/mol. The van der Waals surface area contributed by atoms with Crippen molar-refractivity contribution < 1.29 is 0 Å².